The zero-order chi connectivity index (χ0) is 20.2. The second-order valence-electron chi connectivity index (χ2n) is 6.81. The Kier molecular flexibility index (Phi) is 5.05. The summed E-state index contributed by atoms with van der Waals surface area (Å²) in [5, 5.41) is 9.55. The van der Waals surface area contributed by atoms with E-state index in [0.29, 0.717) is 5.56 Å². The van der Waals surface area contributed by atoms with Crippen LogP contribution in [0, 0.1) is 11.8 Å². The normalized spacial score (nSPS) is 10.2. The molecule has 0 spiro atoms. The van der Waals surface area contributed by atoms with E-state index in [-0.39, 0.29) is 5.76 Å². The van der Waals surface area contributed by atoms with Gasteiger partial charge in [-0.3, -0.25) is 0 Å². The average Bonchev–Trinajstić information content (AvgIpc) is 3.19. The number of aliphatic hydroxyl groups excluding tert-OH is 1. The molecule has 1 aromatic heterocycles. The van der Waals surface area contributed by atoms with Gasteiger partial charge in [-0.1, -0.05) is 61.0 Å². The molecule has 0 radical (unpaired) electrons. The highest BCUT2D eigenvalue weighted by molar-refractivity contribution is 5.77. The van der Waals surface area contributed by atoms with Crippen molar-refractivity contribution >= 4 is 5.76 Å². The van der Waals surface area contributed by atoms with E-state index in [9.17, 15) is 5.11 Å². The molecule has 0 aliphatic heterocycles. The Morgan fingerprint density at radius 2 is 1.52 bits per heavy atom. The molecule has 3 aromatic carbocycles. The van der Waals surface area contributed by atoms with Crippen LogP contribution in [0.5, 0.6) is 0 Å². The molecule has 0 saturated heterocycles. The Morgan fingerprint density at radius 1 is 0.828 bits per heavy atom. The monoisotopic (exact) mass is 375 g/mol. The fraction of sp³-hybridized carbons (Fsp3) is 0.0370. The molecule has 0 unspecified atom stereocenters. The first-order valence-electron chi connectivity index (χ1n) is 9.45. The Bertz CT molecular complexity index is 1220. The Morgan fingerprint density at radius 3 is 2.21 bits per heavy atom. The van der Waals surface area contributed by atoms with Gasteiger partial charge in [-0.05, 0) is 53.9 Å². The van der Waals surface area contributed by atoms with Crippen molar-refractivity contribution in [1.82, 2.24) is 4.57 Å². The van der Waals surface area contributed by atoms with Crippen molar-refractivity contribution in [2.45, 2.75) is 6.92 Å². The summed E-state index contributed by atoms with van der Waals surface area (Å²) in [6.07, 6.45) is 4.15. The first kappa shape index (κ1) is 18.4. The summed E-state index contributed by atoms with van der Waals surface area (Å²) in [6, 6.07) is 26.5. The summed E-state index contributed by atoms with van der Waals surface area (Å²) in [6.45, 7) is 5.42. The van der Waals surface area contributed by atoms with E-state index in [2.05, 4.69) is 77.7 Å². The molecule has 4 rings (SSSR count). The molecule has 0 amide bonds. The van der Waals surface area contributed by atoms with Gasteiger partial charge in [0.05, 0.1) is 5.56 Å². The number of benzene rings is 3. The summed E-state index contributed by atoms with van der Waals surface area (Å²) in [4.78, 5) is 0. The van der Waals surface area contributed by atoms with E-state index in [4.69, 9.17) is 0 Å². The van der Waals surface area contributed by atoms with Crippen LogP contribution in [0.2, 0.25) is 0 Å². The van der Waals surface area contributed by atoms with Gasteiger partial charge in [0.25, 0.3) is 0 Å². The molecule has 1 N–H and O–H groups in total. The van der Waals surface area contributed by atoms with Crippen LogP contribution in [0.25, 0.3) is 33.7 Å². The first-order valence-corrected chi connectivity index (χ1v) is 9.45. The zero-order valence-corrected chi connectivity index (χ0v) is 16.3. The number of nitrogens with zero attached hydrogens (tertiary/aromatic N) is 1. The van der Waals surface area contributed by atoms with E-state index >= 15 is 0 Å². The van der Waals surface area contributed by atoms with Crippen molar-refractivity contribution in [3.8, 4) is 39.8 Å². The molecule has 0 aliphatic carbocycles. The van der Waals surface area contributed by atoms with Gasteiger partial charge in [-0.2, -0.15) is 0 Å². The average molecular weight is 375 g/mol. The van der Waals surface area contributed by atoms with E-state index in [1.807, 2.05) is 43.5 Å². The molecule has 0 bridgehead atoms. The van der Waals surface area contributed by atoms with Crippen LogP contribution in [-0.2, 0) is 0 Å². The second-order valence-corrected chi connectivity index (χ2v) is 6.81. The van der Waals surface area contributed by atoms with Gasteiger partial charge in [-0.25, -0.2) is 0 Å². The van der Waals surface area contributed by atoms with Crippen LogP contribution < -0.4 is 0 Å². The minimum absolute atomic E-state index is 0.0695. The van der Waals surface area contributed by atoms with Crippen LogP contribution in [0.15, 0.2) is 97.8 Å². The van der Waals surface area contributed by atoms with E-state index < -0.39 is 0 Å². The maximum absolute atomic E-state index is 9.55. The molecule has 1 heterocycles. The topological polar surface area (TPSA) is 25.2 Å². The highest BCUT2D eigenvalue weighted by Gasteiger charge is 2.10. The first-order chi connectivity index (χ1) is 14.2. The van der Waals surface area contributed by atoms with Gasteiger partial charge in [-0.15, -0.1) is 5.92 Å². The van der Waals surface area contributed by atoms with Crippen LogP contribution in [-0.4, -0.2) is 9.67 Å². The predicted octanol–water partition coefficient (Wildman–Crippen LogP) is 6.71. The van der Waals surface area contributed by atoms with Gasteiger partial charge in [0.1, 0.15) is 5.76 Å². The molecule has 0 atom stereocenters. The number of hydrogen-bond donors (Lipinski definition) is 1. The number of rotatable bonds is 4. The lowest BCUT2D eigenvalue weighted by molar-refractivity contribution is 0.514. The lowest BCUT2D eigenvalue weighted by Crippen LogP contribution is -1.90. The van der Waals surface area contributed by atoms with Crippen molar-refractivity contribution in [3.63, 3.8) is 0 Å². The van der Waals surface area contributed by atoms with Crippen LogP contribution in [0.4, 0.5) is 0 Å². The zero-order valence-electron chi connectivity index (χ0n) is 16.3. The molecule has 0 saturated carbocycles. The highest BCUT2D eigenvalue weighted by Crippen LogP contribution is 2.30. The molecular weight excluding hydrogens is 354 g/mol. The van der Waals surface area contributed by atoms with Crippen molar-refractivity contribution in [3.05, 3.63) is 109 Å². The van der Waals surface area contributed by atoms with Gasteiger partial charge in [0.15, 0.2) is 0 Å². The number of aromatic nitrogens is 1. The van der Waals surface area contributed by atoms with Crippen molar-refractivity contribution < 1.29 is 5.11 Å². The summed E-state index contributed by atoms with van der Waals surface area (Å²) in [5.41, 5.74) is 7.28. The molecule has 4 aromatic rings. The van der Waals surface area contributed by atoms with Gasteiger partial charge >= 0.3 is 0 Å². The predicted molar refractivity (Wildman–Crippen MR) is 121 cm³/mol. The van der Waals surface area contributed by atoms with Crippen molar-refractivity contribution in [2.75, 3.05) is 0 Å². The van der Waals surface area contributed by atoms with Crippen molar-refractivity contribution in [2.24, 2.45) is 0 Å². The van der Waals surface area contributed by atoms with Crippen LogP contribution >= 0.6 is 0 Å². The third-order valence-electron chi connectivity index (χ3n) is 4.87. The number of aliphatic hydroxyl groups is 1. The smallest absolute Gasteiger partial charge is 0.115 e. The maximum Gasteiger partial charge on any atom is 0.115 e. The lowest BCUT2D eigenvalue weighted by Gasteiger charge is -2.06. The largest absolute Gasteiger partial charge is 0.508 e. The molecule has 29 heavy (non-hydrogen) atoms. The van der Waals surface area contributed by atoms with E-state index in [1.54, 1.807) is 0 Å². The maximum atomic E-state index is 9.55. The van der Waals surface area contributed by atoms with Crippen molar-refractivity contribution in [1.29, 1.82) is 0 Å². The second kappa shape index (κ2) is 7.96. The fourth-order valence-corrected chi connectivity index (χ4v) is 3.39. The Labute approximate surface area is 171 Å². The quantitative estimate of drug-likeness (QED) is 0.311. The van der Waals surface area contributed by atoms with E-state index in [0.717, 1.165) is 22.4 Å². The SMILES string of the molecule is C=C(O)c1ccc(-n2cc(C#CC)c(-c3cccc(-c4ccccc4)c3)c2)cc1. The summed E-state index contributed by atoms with van der Waals surface area (Å²) in [7, 11) is 0. The van der Waals surface area contributed by atoms with E-state index in [1.165, 1.54) is 11.1 Å². The minimum atomic E-state index is 0.0695. The summed E-state index contributed by atoms with van der Waals surface area (Å²) in [5.74, 6) is 6.32. The molecule has 2 nitrogen and oxygen atoms in total. The van der Waals surface area contributed by atoms with Crippen LogP contribution in [0.3, 0.4) is 0 Å². The van der Waals surface area contributed by atoms with Gasteiger partial charge in [0, 0.05) is 29.2 Å². The Balaban J connectivity index is 1.78. The van der Waals surface area contributed by atoms with Gasteiger partial charge in [0.2, 0.25) is 0 Å². The molecule has 140 valence electrons. The fourth-order valence-electron chi connectivity index (χ4n) is 3.39. The molecular formula is C27H21NO. The molecule has 0 fully saturated rings. The minimum Gasteiger partial charge on any atom is -0.508 e. The summed E-state index contributed by atoms with van der Waals surface area (Å²) >= 11 is 0. The highest BCUT2D eigenvalue weighted by atomic mass is 16.3. The lowest BCUT2D eigenvalue weighted by atomic mass is 9.99. The third-order valence-corrected chi connectivity index (χ3v) is 4.87. The molecule has 2 heteroatoms. The third kappa shape index (κ3) is 3.85. The van der Waals surface area contributed by atoms with Gasteiger partial charge < -0.3 is 9.67 Å². The standard InChI is InChI=1S/C27H21NO/c1-3-8-25-18-28(26-15-13-21(14-16-26)20(2)29)19-27(25)24-12-7-11-23(17-24)22-9-5-4-6-10-22/h4-7,9-19,29H,2H2,1H3. The van der Waals surface area contributed by atoms with Crippen LogP contribution in [0.1, 0.15) is 18.1 Å². The Hall–Kier alpha value is -3.96. The summed E-state index contributed by atoms with van der Waals surface area (Å²) < 4.78 is 2.06. The number of hydrogen-bond acceptors (Lipinski definition) is 1. The molecule has 0 aliphatic rings.